The van der Waals surface area contributed by atoms with Crippen molar-refractivity contribution < 1.29 is 14.7 Å². The molecule has 124 valence electrons. The van der Waals surface area contributed by atoms with Crippen molar-refractivity contribution in [1.29, 1.82) is 0 Å². The fraction of sp³-hybridized carbons (Fsp3) is 0.105. The largest absolute Gasteiger partial charge is 0.478 e. The summed E-state index contributed by atoms with van der Waals surface area (Å²) in [4.78, 5) is 27.9. The standard InChI is InChI=1S/C19H15N3O3/c23-18-16-11-13(6-5-12(16)7-8-21-18)22-10-9-20-17(22)14-3-1-2-4-15(14)19(24)25/h1-6,9-11H,7-8H2,(H,21,23)(H,24,25). The number of hydrogen-bond donors (Lipinski definition) is 2. The molecule has 1 aliphatic rings. The van der Waals surface area contributed by atoms with Gasteiger partial charge in [0.15, 0.2) is 0 Å². The van der Waals surface area contributed by atoms with Crippen LogP contribution in [0.25, 0.3) is 17.1 Å². The first-order chi connectivity index (χ1) is 12.1. The lowest BCUT2D eigenvalue weighted by molar-refractivity contribution is 0.0697. The molecule has 0 radical (unpaired) electrons. The van der Waals surface area contributed by atoms with Gasteiger partial charge >= 0.3 is 5.97 Å². The van der Waals surface area contributed by atoms with E-state index in [4.69, 9.17) is 0 Å². The van der Waals surface area contributed by atoms with Gasteiger partial charge in [-0.2, -0.15) is 0 Å². The van der Waals surface area contributed by atoms with E-state index in [1.54, 1.807) is 41.2 Å². The summed E-state index contributed by atoms with van der Waals surface area (Å²) < 4.78 is 1.80. The molecular formula is C19H15N3O3. The lowest BCUT2D eigenvalue weighted by atomic mass is 9.99. The minimum Gasteiger partial charge on any atom is -0.478 e. The maximum atomic E-state index is 12.1. The minimum absolute atomic E-state index is 0.0873. The first-order valence-corrected chi connectivity index (χ1v) is 7.92. The van der Waals surface area contributed by atoms with Crippen molar-refractivity contribution >= 4 is 11.9 Å². The van der Waals surface area contributed by atoms with Crippen LogP contribution in [-0.4, -0.2) is 33.1 Å². The highest BCUT2D eigenvalue weighted by Gasteiger charge is 2.19. The highest BCUT2D eigenvalue weighted by molar-refractivity contribution is 5.97. The molecule has 1 aliphatic heterocycles. The van der Waals surface area contributed by atoms with Crippen LogP contribution >= 0.6 is 0 Å². The Morgan fingerprint density at radius 2 is 2.00 bits per heavy atom. The Labute approximate surface area is 143 Å². The molecule has 0 bridgehead atoms. The Morgan fingerprint density at radius 1 is 1.16 bits per heavy atom. The Balaban J connectivity index is 1.85. The maximum Gasteiger partial charge on any atom is 0.336 e. The van der Waals surface area contributed by atoms with Gasteiger partial charge in [0.1, 0.15) is 5.82 Å². The average molecular weight is 333 g/mol. The number of benzene rings is 2. The second-order valence-electron chi connectivity index (χ2n) is 5.82. The number of aromatic carboxylic acids is 1. The number of imidazole rings is 1. The monoisotopic (exact) mass is 333 g/mol. The van der Waals surface area contributed by atoms with Crippen LogP contribution in [-0.2, 0) is 6.42 Å². The third kappa shape index (κ3) is 2.57. The van der Waals surface area contributed by atoms with E-state index in [9.17, 15) is 14.7 Å². The van der Waals surface area contributed by atoms with Crippen LogP contribution < -0.4 is 5.32 Å². The van der Waals surface area contributed by atoms with Gasteiger partial charge in [0, 0.05) is 35.8 Å². The van der Waals surface area contributed by atoms with Crippen LogP contribution in [0.3, 0.4) is 0 Å². The Bertz CT molecular complexity index is 991. The maximum absolute atomic E-state index is 12.1. The van der Waals surface area contributed by atoms with Gasteiger partial charge in [-0.15, -0.1) is 0 Å². The van der Waals surface area contributed by atoms with Gasteiger partial charge in [-0.05, 0) is 30.2 Å². The molecule has 3 aromatic rings. The topological polar surface area (TPSA) is 84.2 Å². The number of carbonyl (C=O) groups excluding carboxylic acids is 1. The molecule has 2 N–H and O–H groups in total. The minimum atomic E-state index is -1.00. The van der Waals surface area contributed by atoms with E-state index in [1.165, 1.54) is 0 Å². The van der Waals surface area contributed by atoms with Crippen molar-refractivity contribution in [2.24, 2.45) is 0 Å². The third-order valence-corrected chi connectivity index (χ3v) is 4.34. The Hall–Kier alpha value is -3.41. The summed E-state index contributed by atoms with van der Waals surface area (Å²) in [7, 11) is 0. The summed E-state index contributed by atoms with van der Waals surface area (Å²) in [6.07, 6.45) is 4.18. The highest BCUT2D eigenvalue weighted by atomic mass is 16.4. The average Bonchev–Trinajstić information content (AvgIpc) is 3.11. The predicted molar refractivity (Wildman–Crippen MR) is 92.0 cm³/mol. The van der Waals surface area contributed by atoms with E-state index in [-0.39, 0.29) is 11.5 Å². The summed E-state index contributed by atoms with van der Waals surface area (Å²) in [5.74, 6) is -0.570. The van der Waals surface area contributed by atoms with Gasteiger partial charge in [0.2, 0.25) is 0 Å². The molecule has 1 aromatic heterocycles. The summed E-state index contributed by atoms with van der Waals surface area (Å²) >= 11 is 0. The molecule has 2 heterocycles. The van der Waals surface area contributed by atoms with E-state index in [1.807, 2.05) is 18.2 Å². The molecule has 0 fully saturated rings. The van der Waals surface area contributed by atoms with Gasteiger partial charge in [-0.25, -0.2) is 9.78 Å². The SMILES string of the molecule is O=C1NCCc2ccc(-n3ccnc3-c3ccccc3C(=O)O)cc21. The van der Waals surface area contributed by atoms with Gasteiger partial charge in [-0.3, -0.25) is 9.36 Å². The van der Waals surface area contributed by atoms with Crippen molar-refractivity contribution in [3.8, 4) is 17.1 Å². The van der Waals surface area contributed by atoms with Crippen LogP contribution in [0, 0.1) is 0 Å². The quantitative estimate of drug-likeness (QED) is 0.771. The first-order valence-electron chi connectivity index (χ1n) is 7.92. The zero-order valence-electron chi connectivity index (χ0n) is 13.3. The summed E-state index contributed by atoms with van der Waals surface area (Å²) in [5, 5.41) is 12.3. The summed E-state index contributed by atoms with van der Waals surface area (Å²) in [5.41, 5.74) is 3.14. The number of hydrogen-bond acceptors (Lipinski definition) is 3. The zero-order valence-corrected chi connectivity index (χ0v) is 13.3. The predicted octanol–water partition coefficient (Wildman–Crippen LogP) is 2.52. The molecule has 0 saturated heterocycles. The fourth-order valence-electron chi connectivity index (χ4n) is 3.13. The van der Waals surface area contributed by atoms with Crippen molar-refractivity contribution in [2.45, 2.75) is 6.42 Å². The van der Waals surface area contributed by atoms with Gasteiger partial charge in [0.25, 0.3) is 5.91 Å². The summed E-state index contributed by atoms with van der Waals surface area (Å²) in [6.45, 7) is 0.646. The van der Waals surface area contributed by atoms with E-state index >= 15 is 0 Å². The van der Waals surface area contributed by atoms with Crippen molar-refractivity contribution in [3.63, 3.8) is 0 Å². The number of carboxylic acid groups (broad SMARTS) is 1. The molecule has 25 heavy (non-hydrogen) atoms. The Morgan fingerprint density at radius 3 is 2.84 bits per heavy atom. The fourth-order valence-corrected chi connectivity index (χ4v) is 3.13. The molecule has 6 heteroatoms. The number of fused-ring (bicyclic) bond motifs is 1. The molecule has 0 spiro atoms. The molecule has 6 nitrogen and oxygen atoms in total. The van der Waals surface area contributed by atoms with E-state index in [0.717, 1.165) is 17.7 Å². The molecule has 1 amide bonds. The number of carboxylic acids is 1. The van der Waals surface area contributed by atoms with Crippen LogP contribution in [0.5, 0.6) is 0 Å². The number of nitrogens with one attached hydrogen (secondary N) is 1. The second kappa shape index (κ2) is 5.90. The van der Waals surface area contributed by atoms with Gasteiger partial charge in [0.05, 0.1) is 5.56 Å². The number of rotatable bonds is 3. The number of aromatic nitrogens is 2. The number of amides is 1. The van der Waals surface area contributed by atoms with Crippen LogP contribution in [0.1, 0.15) is 26.3 Å². The van der Waals surface area contributed by atoms with Crippen molar-refractivity contribution in [3.05, 3.63) is 71.5 Å². The number of carbonyl (C=O) groups is 2. The lowest BCUT2D eigenvalue weighted by Crippen LogP contribution is -2.31. The van der Waals surface area contributed by atoms with Crippen LogP contribution in [0.2, 0.25) is 0 Å². The molecule has 0 atom stereocenters. The molecule has 2 aromatic carbocycles. The lowest BCUT2D eigenvalue weighted by Gasteiger charge is -2.18. The van der Waals surface area contributed by atoms with Crippen LogP contribution in [0.4, 0.5) is 0 Å². The van der Waals surface area contributed by atoms with E-state index < -0.39 is 5.97 Å². The highest BCUT2D eigenvalue weighted by Crippen LogP contribution is 2.26. The summed E-state index contributed by atoms with van der Waals surface area (Å²) in [6, 6.07) is 12.4. The van der Waals surface area contributed by atoms with Crippen molar-refractivity contribution in [2.75, 3.05) is 6.54 Å². The van der Waals surface area contributed by atoms with Crippen LogP contribution in [0.15, 0.2) is 54.9 Å². The number of nitrogens with zero attached hydrogens (tertiary/aromatic N) is 2. The molecule has 0 aliphatic carbocycles. The molecule has 0 saturated carbocycles. The van der Waals surface area contributed by atoms with E-state index in [0.29, 0.717) is 23.5 Å². The molecule has 0 unspecified atom stereocenters. The first kappa shape index (κ1) is 15.1. The normalized spacial score (nSPS) is 13.2. The Kier molecular flexibility index (Phi) is 3.57. The molecular weight excluding hydrogens is 318 g/mol. The van der Waals surface area contributed by atoms with Crippen molar-refractivity contribution in [1.82, 2.24) is 14.9 Å². The van der Waals surface area contributed by atoms with E-state index in [2.05, 4.69) is 10.3 Å². The zero-order chi connectivity index (χ0) is 17.4. The smallest absolute Gasteiger partial charge is 0.336 e. The van der Waals surface area contributed by atoms with Gasteiger partial charge < -0.3 is 10.4 Å². The third-order valence-electron chi connectivity index (χ3n) is 4.34. The second-order valence-corrected chi connectivity index (χ2v) is 5.82. The van der Waals surface area contributed by atoms with Gasteiger partial charge in [-0.1, -0.05) is 24.3 Å². The molecule has 4 rings (SSSR count).